The van der Waals surface area contributed by atoms with E-state index in [1.54, 1.807) is 18.2 Å². The van der Waals surface area contributed by atoms with Crippen LogP contribution in [0.15, 0.2) is 48.5 Å². The summed E-state index contributed by atoms with van der Waals surface area (Å²) in [6, 6.07) is 14.6. The van der Waals surface area contributed by atoms with Gasteiger partial charge in [-0.1, -0.05) is 18.2 Å². The second-order valence-corrected chi connectivity index (χ2v) is 4.94. The van der Waals surface area contributed by atoms with Crippen LogP contribution in [0, 0.1) is 88.1 Å². The van der Waals surface area contributed by atoms with E-state index in [4.69, 9.17) is 4.74 Å². The fourth-order valence-electron chi connectivity index (χ4n) is 2.79. The van der Waals surface area contributed by atoms with E-state index < -0.39 is 0 Å². The van der Waals surface area contributed by atoms with Crippen LogP contribution in [0.2, 0.25) is 0 Å². The first-order chi connectivity index (χ1) is 9.74. The van der Waals surface area contributed by atoms with Crippen LogP contribution in [0.25, 0.3) is 21.9 Å². The minimum Gasteiger partial charge on any atom is -0.508 e. The van der Waals surface area contributed by atoms with Gasteiger partial charge in [-0.05, 0) is 35.9 Å². The first kappa shape index (κ1) is 18.5. The number of phenols is 2. The second kappa shape index (κ2) is 7.40. The molecule has 3 nitrogen and oxygen atoms in total. The van der Waals surface area contributed by atoms with Crippen LogP contribution in [-0.4, -0.2) is 10.2 Å². The van der Waals surface area contributed by atoms with Crippen LogP contribution >= 0.6 is 0 Å². The van der Waals surface area contributed by atoms with Gasteiger partial charge in [0.05, 0.1) is 0 Å². The standard InChI is InChI=1S/C17H12O3.2Ac/c18-11-4-5-12-10(8-11)9-20-17-14-2-1-3-16(19)13(14)6-7-15(12)17;;/h1-8,18-19H,9H2;;. The van der Waals surface area contributed by atoms with Gasteiger partial charge in [0.1, 0.15) is 23.9 Å². The van der Waals surface area contributed by atoms with E-state index in [2.05, 4.69) is 0 Å². The number of hydrogen-bond donors (Lipinski definition) is 2. The zero-order chi connectivity index (χ0) is 13.7. The van der Waals surface area contributed by atoms with E-state index in [-0.39, 0.29) is 99.6 Å². The van der Waals surface area contributed by atoms with Crippen molar-refractivity contribution in [2.75, 3.05) is 0 Å². The molecule has 0 bridgehead atoms. The second-order valence-electron chi connectivity index (χ2n) is 4.94. The van der Waals surface area contributed by atoms with E-state index in [1.165, 1.54) is 0 Å². The summed E-state index contributed by atoms with van der Waals surface area (Å²) in [5, 5.41) is 21.2. The average Bonchev–Trinajstić information content (AvgIpc) is 2.46. The van der Waals surface area contributed by atoms with E-state index in [0.29, 0.717) is 6.61 Å². The monoisotopic (exact) mass is 718 g/mol. The van der Waals surface area contributed by atoms with E-state index in [0.717, 1.165) is 33.2 Å². The van der Waals surface area contributed by atoms with Crippen molar-refractivity contribution >= 4 is 10.8 Å². The smallest absolute Gasteiger partial charge is 0.135 e. The number of benzene rings is 3. The third kappa shape index (κ3) is 3.08. The van der Waals surface area contributed by atoms with Crippen molar-refractivity contribution in [2.45, 2.75) is 6.61 Å². The molecule has 2 N–H and O–H groups in total. The summed E-state index contributed by atoms with van der Waals surface area (Å²) in [6.45, 7) is 0.422. The maximum atomic E-state index is 9.92. The Labute approximate surface area is 199 Å². The van der Waals surface area contributed by atoms with Crippen LogP contribution in [0.1, 0.15) is 5.56 Å². The Bertz CT molecular complexity index is 847. The van der Waals surface area contributed by atoms with Crippen molar-refractivity contribution in [1.82, 2.24) is 0 Å². The molecule has 0 amide bonds. The molecular formula is C17H12Ac2O3. The molecule has 4 rings (SSSR count). The third-order valence-corrected chi connectivity index (χ3v) is 3.74. The molecule has 1 aliphatic heterocycles. The Hall–Kier alpha value is 0.203. The van der Waals surface area contributed by atoms with E-state index >= 15 is 0 Å². The maximum Gasteiger partial charge on any atom is 0.135 e. The molecule has 3 aromatic carbocycles. The predicted molar refractivity (Wildman–Crippen MR) is 77.0 cm³/mol. The van der Waals surface area contributed by atoms with Crippen molar-refractivity contribution in [3.63, 3.8) is 0 Å². The molecule has 22 heavy (non-hydrogen) atoms. The minimum atomic E-state index is 0. The minimum absolute atomic E-state index is 0. The topological polar surface area (TPSA) is 49.7 Å². The van der Waals surface area contributed by atoms with Gasteiger partial charge in [-0.15, -0.1) is 0 Å². The fraction of sp³-hybridized carbons (Fsp3) is 0.0588. The largest absolute Gasteiger partial charge is 0.508 e. The SMILES string of the molecule is Oc1ccc2c(c1)COc1c-2ccc2c(O)cccc12.[Ac].[Ac]. The zero-order valence-electron chi connectivity index (χ0n) is 11.8. The van der Waals surface area contributed by atoms with E-state index in [9.17, 15) is 10.2 Å². The van der Waals surface area contributed by atoms with Crippen LogP contribution in [-0.2, 0) is 6.61 Å². The molecule has 0 spiro atoms. The van der Waals surface area contributed by atoms with Crippen LogP contribution in [0.4, 0.5) is 0 Å². The van der Waals surface area contributed by atoms with Gasteiger partial charge >= 0.3 is 0 Å². The molecule has 2 radical (unpaired) electrons. The van der Waals surface area contributed by atoms with Gasteiger partial charge in [0.25, 0.3) is 0 Å². The normalized spacial score (nSPS) is 11.5. The number of fused-ring (bicyclic) bond motifs is 5. The van der Waals surface area contributed by atoms with Gasteiger partial charge in [0.2, 0.25) is 0 Å². The summed E-state index contributed by atoms with van der Waals surface area (Å²) in [7, 11) is 0. The third-order valence-electron chi connectivity index (χ3n) is 3.74. The Balaban J connectivity index is 0.000000882. The molecule has 0 aromatic heterocycles. The molecule has 1 heterocycles. The first-order valence-electron chi connectivity index (χ1n) is 6.44. The van der Waals surface area contributed by atoms with Gasteiger partial charge in [0.15, 0.2) is 0 Å². The number of ether oxygens (including phenoxy) is 1. The predicted octanol–water partition coefficient (Wildman–Crippen LogP) is 3.81. The Morgan fingerprint density at radius 1 is 0.818 bits per heavy atom. The Morgan fingerprint density at radius 2 is 1.59 bits per heavy atom. The van der Waals surface area contributed by atoms with Crippen molar-refractivity contribution in [1.29, 1.82) is 0 Å². The number of hydrogen-bond acceptors (Lipinski definition) is 3. The number of phenolic OH excluding ortho intramolecular Hbond substituents is 2. The van der Waals surface area contributed by atoms with Gasteiger partial charge in [-0.3, -0.25) is 0 Å². The number of rotatable bonds is 0. The molecule has 104 valence electrons. The molecule has 0 fully saturated rings. The summed E-state index contributed by atoms with van der Waals surface area (Å²) in [4.78, 5) is 0. The molecule has 0 saturated heterocycles. The molecule has 0 atom stereocenters. The number of aromatic hydroxyl groups is 2. The summed E-state index contributed by atoms with van der Waals surface area (Å²) in [6.07, 6.45) is 0. The summed E-state index contributed by atoms with van der Waals surface area (Å²) >= 11 is 0. The molecule has 1 aliphatic rings. The summed E-state index contributed by atoms with van der Waals surface area (Å²) in [5.74, 6) is 1.29. The summed E-state index contributed by atoms with van der Waals surface area (Å²) < 4.78 is 5.85. The Kier molecular flexibility index (Phi) is 6.23. The van der Waals surface area contributed by atoms with Crippen molar-refractivity contribution in [3.05, 3.63) is 54.1 Å². The molecule has 0 aliphatic carbocycles. The van der Waals surface area contributed by atoms with Crippen LogP contribution in [0.5, 0.6) is 17.2 Å². The maximum absolute atomic E-state index is 9.92. The van der Waals surface area contributed by atoms with Crippen molar-refractivity contribution in [2.24, 2.45) is 0 Å². The van der Waals surface area contributed by atoms with Crippen LogP contribution < -0.4 is 4.74 Å². The average molecular weight is 718 g/mol. The molecule has 5 heteroatoms. The molecule has 0 saturated carbocycles. The van der Waals surface area contributed by atoms with Crippen molar-refractivity contribution < 1.29 is 103 Å². The first-order valence-corrected chi connectivity index (χ1v) is 6.44. The molecular weight excluding hydrogens is 706 g/mol. The zero-order valence-corrected chi connectivity index (χ0v) is 21.3. The quantitative estimate of drug-likeness (QED) is 0.372. The summed E-state index contributed by atoms with van der Waals surface area (Å²) in [5.41, 5.74) is 3.02. The van der Waals surface area contributed by atoms with Gasteiger partial charge in [0, 0.05) is 110 Å². The fourth-order valence-corrected chi connectivity index (χ4v) is 2.79. The molecule has 3 aromatic rings. The van der Waals surface area contributed by atoms with Gasteiger partial charge in [-0.2, -0.15) is 0 Å². The Morgan fingerprint density at radius 3 is 2.41 bits per heavy atom. The molecule has 0 unspecified atom stereocenters. The van der Waals surface area contributed by atoms with Gasteiger partial charge < -0.3 is 14.9 Å². The van der Waals surface area contributed by atoms with Crippen molar-refractivity contribution in [3.8, 4) is 28.4 Å². The van der Waals surface area contributed by atoms with E-state index in [1.807, 2.05) is 30.3 Å². The van der Waals surface area contributed by atoms with Gasteiger partial charge in [-0.25, -0.2) is 0 Å². The van der Waals surface area contributed by atoms with Crippen LogP contribution in [0.3, 0.4) is 0 Å².